The van der Waals surface area contributed by atoms with Gasteiger partial charge in [-0.05, 0) is 67.1 Å². The van der Waals surface area contributed by atoms with E-state index in [0.29, 0.717) is 39.3 Å². The minimum atomic E-state index is -4.51. The van der Waals surface area contributed by atoms with Gasteiger partial charge in [-0.3, -0.25) is 9.59 Å². The van der Waals surface area contributed by atoms with Gasteiger partial charge in [-0.25, -0.2) is 5.43 Å². The molecule has 2 N–H and O–H groups in total. The second kappa shape index (κ2) is 12.5. The summed E-state index contributed by atoms with van der Waals surface area (Å²) >= 11 is 12.4. The number of ether oxygens (including phenoxy) is 2. The third-order valence-electron chi connectivity index (χ3n) is 4.76. The van der Waals surface area contributed by atoms with Crippen LogP contribution in [0.2, 0.25) is 10.0 Å². The van der Waals surface area contributed by atoms with Gasteiger partial charge in [0.1, 0.15) is 6.61 Å². The molecule has 0 unspecified atom stereocenters. The minimum absolute atomic E-state index is 0.0205. The highest BCUT2D eigenvalue weighted by molar-refractivity contribution is 6.39. The van der Waals surface area contributed by atoms with Gasteiger partial charge in [0.2, 0.25) is 0 Å². The minimum Gasteiger partial charge on any atom is -0.490 e. The second-order valence-corrected chi connectivity index (χ2v) is 8.17. The summed E-state index contributed by atoms with van der Waals surface area (Å²) in [5, 5.41) is 6.85. The Morgan fingerprint density at radius 3 is 2.24 bits per heavy atom. The monoisotopic (exact) mass is 553 g/mol. The predicted molar refractivity (Wildman–Crippen MR) is 134 cm³/mol. The van der Waals surface area contributed by atoms with E-state index in [0.717, 1.165) is 24.3 Å². The second-order valence-electron chi connectivity index (χ2n) is 7.36. The molecule has 0 aliphatic rings. The van der Waals surface area contributed by atoms with Crippen LogP contribution in [0.5, 0.6) is 11.5 Å². The Kier molecular flexibility index (Phi) is 9.37. The standard InChI is InChI=1S/C25H20Cl2F3N3O4/c1-2-36-22-12-15(6-11-21(22)37-14-18-19(26)4-3-5-20(18)27)13-31-33-24(35)23(34)32-17-9-7-16(8-10-17)25(28,29)30/h3-13H,2,14H2,1H3,(H,32,34)(H,33,35)/b31-13+. The van der Waals surface area contributed by atoms with Gasteiger partial charge >= 0.3 is 18.0 Å². The molecule has 0 heterocycles. The fraction of sp³-hybridized carbons (Fsp3) is 0.160. The maximum atomic E-state index is 12.6. The molecule has 0 atom stereocenters. The lowest BCUT2D eigenvalue weighted by Crippen LogP contribution is -2.32. The third-order valence-corrected chi connectivity index (χ3v) is 5.47. The van der Waals surface area contributed by atoms with Gasteiger partial charge in [-0.1, -0.05) is 29.3 Å². The van der Waals surface area contributed by atoms with E-state index >= 15 is 0 Å². The molecule has 0 spiro atoms. The summed E-state index contributed by atoms with van der Waals surface area (Å²) in [6.45, 7) is 2.26. The molecule has 0 saturated heterocycles. The maximum absolute atomic E-state index is 12.6. The van der Waals surface area contributed by atoms with E-state index in [2.05, 4.69) is 10.4 Å². The fourth-order valence-corrected chi connectivity index (χ4v) is 3.47. The molecule has 2 amide bonds. The number of halogens is 5. The maximum Gasteiger partial charge on any atom is 0.416 e. The van der Waals surface area contributed by atoms with E-state index < -0.39 is 23.6 Å². The first-order valence-corrected chi connectivity index (χ1v) is 11.5. The van der Waals surface area contributed by atoms with Crippen LogP contribution in [0.1, 0.15) is 23.6 Å². The average molecular weight is 554 g/mol. The number of hydrogen-bond donors (Lipinski definition) is 2. The smallest absolute Gasteiger partial charge is 0.416 e. The Bertz CT molecular complexity index is 1280. The Labute approximate surface area is 220 Å². The van der Waals surface area contributed by atoms with Crippen LogP contribution in [-0.4, -0.2) is 24.6 Å². The molecule has 0 aromatic heterocycles. The topological polar surface area (TPSA) is 89.0 Å². The number of hydrazone groups is 1. The number of nitrogens with zero attached hydrogens (tertiary/aromatic N) is 1. The van der Waals surface area contributed by atoms with Gasteiger partial charge in [0.25, 0.3) is 0 Å². The van der Waals surface area contributed by atoms with Crippen molar-refractivity contribution in [2.24, 2.45) is 5.10 Å². The molecule has 0 aliphatic carbocycles. The van der Waals surface area contributed by atoms with Gasteiger partial charge in [-0.15, -0.1) is 0 Å². The number of anilines is 1. The number of benzene rings is 3. The average Bonchev–Trinajstić information content (AvgIpc) is 2.84. The van der Waals surface area contributed by atoms with Crippen molar-refractivity contribution in [2.75, 3.05) is 11.9 Å². The van der Waals surface area contributed by atoms with E-state index in [1.807, 2.05) is 5.43 Å². The van der Waals surface area contributed by atoms with Crippen molar-refractivity contribution in [1.82, 2.24) is 5.43 Å². The molecule has 0 fully saturated rings. The largest absolute Gasteiger partial charge is 0.490 e. The van der Waals surface area contributed by atoms with Crippen molar-refractivity contribution >= 4 is 46.9 Å². The highest BCUT2D eigenvalue weighted by atomic mass is 35.5. The summed E-state index contributed by atoms with van der Waals surface area (Å²) in [4.78, 5) is 24.0. The fourth-order valence-electron chi connectivity index (χ4n) is 2.96. The Morgan fingerprint density at radius 2 is 1.62 bits per heavy atom. The van der Waals surface area contributed by atoms with E-state index in [4.69, 9.17) is 32.7 Å². The summed E-state index contributed by atoms with van der Waals surface area (Å²) in [5.74, 6) is -1.39. The van der Waals surface area contributed by atoms with Crippen molar-refractivity contribution in [3.63, 3.8) is 0 Å². The molecule has 0 aliphatic heterocycles. The van der Waals surface area contributed by atoms with Gasteiger partial charge in [-0.2, -0.15) is 18.3 Å². The summed E-state index contributed by atoms with van der Waals surface area (Å²) in [5.41, 5.74) is 2.33. The van der Waals surface area contributed by atoms with Crippen molar-refractivity contribution in [3.05, 3.63) is 87.4 Å². The molecule has 12 heteroatoms. The number of hydrogen-bond acceptors (Lipinski definition) is 5. The molecule has 0 radical (unpaired) electrons. The summed E-state index contributed by atoms with van der Waals surface area (Å²) in [6.07, 6.45) is -3.23. The van der Waals surface area contributed by atoms with Gasteiger partial charge in [0.15, 0.2) is 11.5 Å². The van der Waals surface area contributed by atoms with Crippen molar-refractivity contribution in [2.45, 2.75) is 19.7 Å². The molecule has 194 valence electrons. The van der Waals surface area contributed by atoms with Crippen LogP contribution < -0.4 is 20.2 Å². The zero-order chi connectivity index (χ0) is 27.0. The summed E-state index contributed by atoms with van der Waals surface area (Å²) < 4.78 is 49.3. The van der Waals surface area contributed by atoms with Crippen molar-refractivity contribution < 1.29 is 32.2 Å². The van der Waals surface area contributed by atoms with Crippen LogP contribution >= 0.6 is 23.2 Å². The van der Waals surface area contributed by atoms with Gasteiger partial charge in [0, 0.05) is 21.3 Å². The van der Waals surface area contributed by atoms with Crippen LogP contribution in [0.3, 0.4) is 0 Å². The Hall–Kier alpha value is -3.76. The van der Waals surface area contributed by atoms with Crippen LogP contribution in [0.25, 0.3) is 0 Å². The van der Waals surface area contributed by atoms with Crippen molar-refractivity contribution in [1.29, 1.82) is 0 Å². The van der Waals surface area contributed by atoms with Gasteiger partial charge < -0.3 is 14.8 Å². The van der Waals surface area contributed by atoms with Crippen LogP contribution in [0.15, 0.2) is 65.8 Å². The lowest BCUT2D eigenvalue weighted by molar-refractivity contribution is -0.137. The summed E-state index contributed by atoms with van der Waals surface area (Å²) in [7, 11) is 0. The van der Waals surface area contributed by atoms with Crippen LogP contribution in [0.4, 0.5) is 18.9 Å². The quantitative estimate of drug-likeness (QED) is 0.201. The molecule has 3 rings (SSSR count). The SMILES string of the molecule is CCOc1cc(/C=N/NC(=O)C(=O)Nc2ccc(C(F)(F)F)cc2)ccc1OCc1c(Cl)cccc1Cl. The first kappa shape index (κ1) is 27.8. The van der Waals surface area contributed by atoms with Crippen LogP contribution in [0, 0.1) is 0 Å². The molecule has 0 saturated carbocycles. The zero-order valence-electron chi connectivity index (χ0n) is 19.2. The Balaban J connectivity index is 1.60. The Morgan fingerprint density at radius 1 is 0.946 bits per heavy atom. The van der Waals surface area contributed by atoms with E-state index in [9.17, 15) is 22.8 Å². The predicted octanol–water partition coefficient (Wildman–Crippen LogP) is 6.08. The lowest BCUT2D eigenvalue weighted by Gasteiger charge is -2.14. The lowest BCUT2D eigenvalue weighted by atomic mass is 10.2. The zero-order valence-corrected chi connectivity index (χ0v) is 20.7. The summed E-state index contributed by atoms with van der Waals surface area (Å²) in [6, 6.07) is 13.7. The number of nitrogens with one attached hydrogen (secondary N) is 2. The molecular weight excluding hydrogens is 534 g/mol. The first-order valence-electron chi connectivity index (χ1n) is 10.7. The number of carbonyl (C=O) groups excluding carboxylic acids is 2. The number of alkyl halides is 3. The van der Waals surface area contributed by atoms with E-state index in [1.54, 1.807) is 43.3 Å². The molecule has 7 nitrogen and oxygen atoms in total. The third kappa shape index (κ3) is 7.86. The van der Waals surface area contributed by atoms with E-state index in [-0.39, 0.29) is 12.3 Å². The molecule has 3 aromatic rings. The molecular formula is C25H20Cl2F3N3O4. The normalized spacial score (nSPS) is 11.3. The van der Waals surface area contributed by atoms with Crippen molar-refractivity contribution in [3.8, 4) is 11.5 Å². The number of amides is 2. The molecule has 0 bridgehead atoms. The van der Waals surface area contributed by atoms with Gasteiger partial charge in [0.05, 0.1) is 18.4 Å². The molecule has 37 heavy (non-hydrogen) atoms. The van der Waals surface area contributed by atoms with E-state index in [1.165, 1.54) is 6.21 Å². The highest BCUT2D eigenvalue weighted by Crippen LogP contribution is 2.32. The van der Waals surface area contributed by atoms with Crippen LogP contribution in [-0.2, 0) is 22.4 Å². The number of rotatable bonds is 8. The molecule has 3 aromatic carbocycles. The highest BCUT2D eigenvalue weighted by Gasteiger charge is 2.30. The first-order chi connectivity index (χ1) is 17.6. The number of carbonyl (C=O) groups is 2.